The second-order valence-electron chi connectivity index (χ2n) is 11.0. The molecule has 0 aromatic heterocycles. The van der Waals surface area contributed by atoms with E-state index < -0.39 is 17.9 Å². The van der Waals surface area contributed by atoms with Crippen LogP contribution in [0.15, 0.2) is 0 Å². The summed E-state index contributed by atoms with van der Waals surface area (Å²) >= 11 is 0. The summed E-state index contributed by atoms with van der Waals surface area (Å²) in [5.41, 5.74) is 0.0513. The normalized spacial score (nSPS) is 43.1. The molecule has 30 heavy (non-hydrogen) atoms. The fourth-order valence-corrected chi connectivity index (χ4v) is 8.03. The minimum atomic E-state index is -1.35. The smallest absolute Gasteiger partial charge is 0.317 e. The van der Waals surface area contributed by atoms with Crippen LogP contribution in [-0.2, 0) is 19.2 Å². The third-order valence-corrected chi connectivity index (χ3v) is 9.88. The van der Waals surface area contributed by atoms with Crippen LogP contribution < -0.4 is 0 Å². The summed E-state index contributed by atoms with van der Waals surface area (Å²) in [5, 5.41) is 18.4. The second kappa shape index (κ2) is 7.45. The molecule has 7 atom stereocenters. The summed E-state index contributed by atoms with van der Waals surface area (Å²) in [6.07, 6.45) is 7.29. The maximum atomic E-state index is 13.3. The summed E-state index contributed by atoms with van der Waals surface area (Å²) in [6, 6.07) is 0. The molecule has 4 aliphatic rings. The van der Waals surface area contributed by atoms with E-state index >= 15 is 0 Å². The van der Waals surface area contributed by atoms with E-state index in [0.29, 0.717) is 49.1 Å². The van der Waals surface area contributed by atoms with Gasteiger partial charge in [-0.3, -0.25) is 19.2 Å². The molecule has 2 N–H and O–H groups in total. The van der Waals surface area contributed by atoms with Crippen molar-refractivity contribution in [2.24, 2.45) is 46.3 Å². The van der Waals surface area contributed by atoms with Crippen LogP contribution in [0.1, 0.15) is 78.1 Å². The number of carbonyl (C=O) groups is 4. The van der Waals surface area contributed by atoms with Crippen LogP contribution in [0.25, 0.3) is 0 Å². The van der Waals surface area contributed by atoms with Crippen LogP contribution in [0.5, 0.6) is 0 Å². The van der Waals surface area contributed by atoms with Gasteiger partial charge in [0.05, 0.1) is 0 Å². The van der Waals surface area contributed by atoms with Crippen LogP contribution in [0.4, 0.5) is 0 Å². The Bertz CT molecular complexity index is 760. The molecule has 4 saturated carbocycles. The molecular formula is C24H34O6. The number of fused-ring (bicyclic) bond motifs is 5. The van der Waals surface area contributed by atoms with Crippen LogP contribution in [0.3, 0.4) is 0 Å². The minimum absolute atomic E-state index is 0.0218. The first-order chi connectivity index (χ1) is 14.1. The van der Waals surface area contributed by atoms with Crippen LogP contribution in [0.2, 0.25) is 0 Å². The Labute approximate surface area is 177 Å². The van der Waals surface area contributed by atoms with E-state index in [0.717, 1.165) is 32.1 Å². The van der Waals surface area contributed by atoms with E-state index in [2.05, 4.69) is 13.8 Å². The molecule has 7 unspecified atom stereocenters. The molecule has 0 spiro atoms. The molecule has 0 saturated heterocycles. The highest BCUT2D eigenvalue weighted by Crippen LogP contribution is 2.67. The van der Waals surface area contributed by atoms with E-state index in [1.165, 1.54) is 0 Å². The van der Waals surface area contributed by atoms with Gasteiger partial charge < -0.3 is 10.2 Å². The van der Waals surface area contributed by atoms with Crippen LogP contribution in [-0.4, -0.2) is 33.7 Å². The van der Waals surface area contributed by atoms with Gasteiger partial charge in [0.15, 0.2) is 5.92 Å². The van der Waals surface area contributed by atoms with Gasteiger partial charge in [0, 0.05) is 25.2 Å². The molecule has 6 heteroatoms. The van der Waals surface area contributed by atoms with Gasteiger partial charge in [-0.15, -0.1) is 0 Å². The molecule has 0 aromatic carbocycles. The summed E-state index contributed by atoms with van der Waals surface area (Å²) < 4.78 is 0. The number of hydrogen-bond acceptors (Lipinski definition) is 4. The molecule has 0 aliphatic heterocycles. The topological polar surface area (TPSA) is 109 Å². The van der Waals surface area contributed by atoms with Crippen molar-refractivity contribution in [2.75, 3.05) is 0 Å². The number of hydrogen-bond donors (Lipinski definition) is 2. The van der Waals surface area contributed by atoms with Gasteiger partial charge in [0.2, 0.25) is 0 Å². The van der Waals surface area contributed by atoms with Gasteiger partial charge in [0.25, 0.3) is 0 Å². The monoisotopic (exact) mass is 418 g/mol. The number of carboxylic acids is 2. The lowest BCUT2D eigenvalue weighted by atomic mass is 9.44. The van der Waals surface area contributed by atoms with E-state index in [1.54, 1.807) is 0 Å². The highest BCUT2D eigenvalue weighted by Gasteiger charge is 2.62. The first kappa shape index (κ1) is 21.5. The predicted molar refractivity (Wildman–Crippen MR) is 109 cm³/mol. The van der Waals surface area contributed by atoms with Gasteiger partial charge in [-0.2, -0.15) is 0 Å². The largest absolute Gasteiger partial charge is 0.481 e. The molecule has 0 bridgehead atoms. The fourth-order valence-electron chi connectivity index (χ4n) is 8.03. The van der Waals surface area contributed by atoms with E-state index in [9.17, 15) is 29.4 Å². The third-order valence-electron chi connectivity index (χ3n) is 9.88. The Balaban J connectivity index is 1.53. The molecule has 4 rings (SSSR count). The molecule has 0 radical (unpaired) electrons. The Morgan fingerprint density at radius 1 is 0.967 bits per heavy atom. The lowest BCUT2D eigenvalue weighted by Crippen LogP contribution is -2.56. The molecule has 4 fully saturated rings. The lowest BCUT2D eigenvalue weighted by molar-refractivity contribution is -0.158. The zero-order valence-electron chi connectivity index (χ0n) is 18.1. The average molecular weight is 419 g/mol. The van der Waals surface area contributed by atoms with Gasteiger partial charge >= 0.3 is 11.9 Å². The first-order valence-corrected chi connectivity index (χ1v) is 11.6. The number of aliphatic carboxylic acids is 2. The number of carbonyl (C=O) groups excluding carboxylic acids is 2. The van der Waals surface area contributed by atoms with Crippen LogP contribution >= 0.6 is 0 Å². The number of rotatable bonds is 5. The third kappa shape index (κ3) is 3.21. The lowest BCUT2D eigenvalue weighted by Gasteiger charge is -2.59. The van der Waals surface area contributed by atoms with Crippen molar-refractivity contribution in [2.45, 2.75) is 78.1 Å². The van der Waals surface area contributed by atoms with Crippen molar-refractivity contribution >= 4 is 23.5 Å². The standard InChI is InChI=1S/C24H34O6/c1-23-10-8-18-20(19(26)12-14-11-15(25)7-9-24(14,18)2)17(23)6-4-13(23)3-5-16(21(27)28)22(29)30/h13-14,16-18,20H,3-12H2,1-2H3,(H,27,28)(H,29,30). The molecule has 0 aromatic rings. The van der Waals surface area contributed by atoms with Gasteiger partial charge in [-0.05, 0) is 79.4 Å². The SMILES string of the molecule is CC12CCC3C(C(=O)CC4CC(=O)CCC43C)C1CCC2CCC(C(=O)O)C(=O)O. The quantitative estimate of drug-likeness (QED) is 0.654. The average Bonchev–Trinajstić information content (AvgIpc) is 2.99. The van der Waals surface area contributed by atoms with Crippen molar-refractivity contribution < 1.29 is 29.4 Å². The zero-order valence-corrected chi connectivity index (χ0v) is 18.1. The van der Waals surface area contributed by atoms with Crippen molar-refractivity contribution in [3.63, 3.8) is 0 Å². The summed E-state index contributed by atoms with van der Waals surface area (Å²) in [4.78, 5) is 47.9. The maximum absolute atomic E-state index is 13.3. The summed E-state index contributed by atoms with van der Waals surface area (Å²) in [6.45, 7) is 4.57. The summed E-state index contributed by atoms with van der Waals surface area (Å²) in [5.74, 6) is -2.07. The number of ketones is 2. The van der Waals surface area contributed by atoms with Crippen molar-refractivity contribution in [3.8, 4) is 0 Å². The molecular weight excluding hydrogens is 384 g/mol. The number of carboxylic acid groups (broad SMARTS) is 2. The molecule has 6 nitrogen and oxygen atoms in total. The highest BCUT2D eigenvalue weighted by molar-refractivity contribution is 5.92. The van der Waals surface area contributed by atoms with Crippen molar-refractivity contribution in [3.05, 3.63) is 0 Å². The zero-order chi connectivity index (χ0) is 21.8. The van der Waals surface area contributed by atoms with E-state index in [1.807, 2.05) is 0 Å². The highest BCUT2D eigenvalue weighted by atomic mass is 16.4. The fraction of sp³-hybridized carbons (Fsp3) is 0.833. The molecule has 0 amide bonds. The molecule has 4 aliphatic carbocycles. The predicted octanol–water partition coefficient (Wildman–Crippen LogP) is 3.96. The van der Waals surface area contributed by atoms with E-state index in [4.69, 9.17) is 0 Å². The van der Waals surface area contributed by atoms with Crippen molar-refractivity contribution in [1.29, 1.82) is 0 Å². The van der Waals surface area contributed by atoms with Gasteiger partial charge in [-0.1, -0.05) is 13.8 Å². The first-order valence-electron chi connectivity index (χ1n) is 11.6. The maximum Gasteiger partial charge on any atom is 0.317 e. The molecule has 166 valence electrons. The summed E-state index contributed by atoms with van der Waals surface area (Å²) in [7, 11) is 0. The van der Waals surface area contributed by atoms with Gasteiger partial charge in [-0.25, -0.2) is 0 Å². The Morgan fingerprint density at radius 2 is 1.63 bits per heavy atom. The van der Waals surface area contributed by atoms with E-state index in [-0.39, 0.29) is 35.0 Å². The van der Waals surface area contributed by atoms with Gasteiger partial charge in [0.1, 0.15) is 11.6 Å². The Morgan fingerprint density at radius 3 is 2.30 bits per heavy atom. The van der Waals surface area contributed by atoms with Crippen molar-refractivity contribution in [1.82, 2.24) is 0 Å². The Hall–Kier alpha value is -1.72. The number of Topliss-reactive ketones (excluding diaryl/α,β-unsaturated/α-hetero) is 2. The Kier molecular flexibility index (Phi) is 5.34. The second-order valence-corrected chi connectivity index (χ2v) is 11.0. The van der Waals surface area contributed by atoms with Crippen LogP contribution in [0, 0.1) is 46.3 Å². The molecule has 0 heterocycles. The minimum Gasteiger partial charge on any atom is -0.481 e.